The van der Waals surface area contributed by atoms with Crippen molar-refractivity contribution in [3.63, 3.8) is 0 Å². The molecule has 0 saturated carbocycles. The lowest BCUT2D eigenvalue weighted by Gasteiger charge is -2.29. The summed E-state index contributed by atoms with van der Waals surface area (Å²) in [7, 11) is 1.87. The number of anilines is 1. The molecule has 7 nitrogen and oxygen atoms in total. The van der Waals surface area contributed by atoms with Crippen LogP contribution in [0.4, 0.5) is 5.69 Å². The van der Waals surface area contributed by atoms with Crippen LogP contribution < -0.4 is 15.5 Å². The van der Waals surface area contributed by atoms with E-state index in [9.17, 15) is 9.59 Å². The van der Waals surface area contributed by atoms with Gasteiger partial charge in [-0.15, -0.1) is 0 Å². The van der Waals surface area contributed by atoms with Crippen LogP contribution in [0.5, 0.6) is 0 Å². The molecule has 2 aromatic rings. The molecule has 1 saturated heterocycles. The zero-order valence-corrected chi connectivity index (χ0v) is 15.5. The second-order valence-corrected chi connectivity index (χ2v) is 7.31. The average Bonchev–Trinajstić information content (AvgIpc) is 3.34. The lowest BCUT2D eigenvalue weighted by Crippen LogP contribution is -2.44. The third-order valence-electron chi connectivity index (χ3n) is 5.53. The van der Waals surface area contributed by atoms with Gasteiger partial charge in [0.1, 0.15) is 0 Å². The first kappa shape index (κ1) is 17.7. The van der Waals surface area contributed by atoms with Gasteiger partial charge < -0.3 is 15.5 Å². The van der Waals surface area contributed by atoms with Crippen molar-refractivity contribution in [2.24, 2.45) is 13.0 Å². The van der Waals surface area contributed by atoms with E-state index in [4.69, 9.17) is 0 Å². The van der Waals surface area contributed by atoms with Crippen LogP contribution in [0.25, 0.3) is 0 Å². The van der Waals surface area contributed by atoms with E-state index < -0.39 is 0 Å². The van der Waals surface area contributed by atoms with Gasteiger partial charge in [-0.2, -0.15) is 5.10 Å². The van der Waals surface area contributed by atoms with Crippen LogP contribution in [-0.2, 0) is 23.1 Å². The Hall–Kier alpha value is -2.67. The van der Waals surface area contributed by atoms with Crippen LogP contribution in [0.15, 0.2) is 36.7 Å². The van der Waals surface area contributed by atoms with Crippen LogP contribution in [0, 0.1) is 5.92 Å². The molecule has 1 fully saturated rings. The van der Waals surface area contributed by atoms with Crippen LogP contribution in [0.2, 0.25) is 0 Å². The molecule has 4 rings (SSSR count). The van der Waals surface area contributed by atoms with Crippen LogP contribution >= 0.6 is 0 Å². The van der Waals surface area contributed by atoms with Crippen molar-refractivity contribution >= 4 is 17.5 Å². The molecular formula is C20H25N5O2. The molecule has 142 valence electrons. The van der Waals surface area contributed by atoms with Crippen molar-refractivity contribution in [3.05, 3.63) is 47.8 Å². The Labute approximate surface area is 158 Å². The summed E-state index contributed by atoms with van der Waals surface area (Å²) < 4.78 is 1.75. The van der Waals surface area contributed by atoms with E-state index in [2.05, 4.69) is 21.8 Å². The summed E-state index contributed by atoms with van der Waals surface area (Å²) in [5, 5.41) is 10.4. The Balaban J connectivity index is 1.39. The number of aryl methyl sites for hydroxylation is 2. The molecule has 1 aromatic carbocycles. The van der Waals surface area contributed by atoms with Crippen molar-refractivity contribution in [1.82, 2.24) is 20.4 Å². The van der Waals surface area contributed by atoms with Gasteiger partial charge in [-0.1, -0.05) is 18.2 Å². The minimum Gasteiger partial charge on any atom is -0.347 e. The Morgan fingerprint density at radius 1 is 1.30 bits per heavy atom. The van der Waals surface area contributed by atoms with Gasteiger partial charge in [-0.3, -0.25) is 14.3 Å². The quantitative estimate of drug-likeness (QED) is 0.839. The Bertz CT molecular complexity index is 846. The van der Waals surface area contributed by atoms with E-state index in [0.717, 1.165) is 30.6 Å². The van der Waals surface area contributed by atoms with Crippen LogP contribution in [0.1, 0.15) is 23.5 Å². The van der Waals surface area contributed by atoms with E-state index in [1.807, 2.05) is 37.6 Å². The van der Waals surface area contributed by atoms with Gasteiger partial charge >= 0.3 is 0 Å². The Kier molecular flexibility index (Phi) is 4.94. The fraction of sp³-hybridized carbons (Fsp3) is 0.450. The maximum atomic E-state index is 12.7. The first-order valence-corrected chi connectivity index (χ1v) is 9.48. The van der Waals surface area contributed by atoms with Gasteiger partial charge in [0.25, 0.3) is 0 Å². The summed E-state index contributed by atoms with van der Waals surface area (Å²) in [6, 6.07) is 8.00. The summed E-state index contributed by atoms with van der Waals surface area (Å²) in [5.74, 6) is -0.230. The summed E-state index contributed by atoms with van der Waals surface area (Å²) in [6.45, 7) is 2.10. The predicted molar refractivity (Wildman–Crippen MR) is 102 cm³/mol. The van der Waals surface area contributed by atoms with Crippen molar-refractivity contribution in [2.75, 3.05) is 31.1 Å². The molecule has 2 N–H and O–H groups in total. The molecule has 2 atom stereocenters. The lowest BCUT2D eigenvalue weighted by molar-refractivity contribution is -0.127. The monoisotopic (exact) mass is 367 g/mol. The smallest absolute Gasteiger partial charge is 0.246 e. The maximum absolute atomic E-state index is 12.7. The molecular weight excluding hydrogens is 342 g/mol. The first-order valence-electron chi connectivity index (χ1n) is 9.48. The van der Waals surface area contributed by atoms with E-state index in [-0.39, 0.29) is 30.2 Å². The number of carbonyl (C=O) groups excluding carboxylic acids is 2. The number of hydrogen-bond acceptors (Lipinski definition) is 4. The van der Waals surface area contributed by atoms with Crippen molar-refractivity contribution < 1.29 is 9.59 Å². The molecule has 2 aliphatic heterocycles. The largest absolute Gasteiger partial charge is 0.347 e. The number of amides is 2. The van der Waals surface area contributed by atoms with Crippen LogP contribution in [0.3, 0.4) is 0 Å². The van der Waals surface area contributed by atoms with Crippen molar-refractivity contribution in [1.29, 1.82) is 0 Å². The lowest BCUT2D eigenvalue weighted by atomic mass is 9.90. The minimum absolute atomic E-state index is 0.0312. The number of benzene rings is 1. The SMILES string of the molecule is Cn1cc([C@H]2CNC[C@@H]2C(=O)NCC(=O)N2CCCc3ccccc32)cn1. The third kappa shape index (κ3) is 3.60. The minimum atomic E-state index is -0.185. The van der Waals surface area contributed by atoms with E-state index in [1.54, 1.807) is 9.58 Å². The summed E-state index contributed by atoms with van der Waals surface area (Å²) in [5.41, 5.74) is 3.22. The number of para-hydroxylation sites is 1. The molecule has 0 bridgehead atoms. The number of hydrogen-bond donors (Lipinski definition) is 2. The van der Waals surface area contributed by atoms with Gasteiger partial charge in [-0.25, -0.2) is 0 Å². The molecule has 0 unspecified atom stereocenters. The molecule has 7 heteroatoms. The normalized spacial score (nSPS) is 21.7. The highest BCUT2D eigenvalue weighted by Crippen LogP contribution is 2.28. The summed E-state index contributed by atoms with van der Waals surface area (Å²) >= 11 is 0. The Morgan fingerprint density at radius 2 is 2.15 bits per heavy atom. The maximum Gasteiger partial charge on any atom is 0.246 e. The number of rotatable bonds is 4. The van der Waals surface area contributed by atoms with Crippen molar-refractivity contribution in [3.8, 4) is 0 Å². The molecule has 2 amide bonds. The van der Waals surface area contributed by atoms with Gasteiger partial charge in [0.2, 0.25) is 11.8 Å². The first-order chi connectivity index (χ1) is 13.1. The van der Waals surface area contributed by atoms with Gasteiger partial charge in [0, 0.05) is 44.5 Å². The number of aromatic nitrogens is 2. The number of nitrogens with zero attached hydrogens (tertiary/aromatic N) is 3. The number of nitrogens with one attached hydrogen (secondary N) is 2. The molecule has 0 radical (unpaired) electrons. The highest BCUT2D eigenvalue weighted by molar-refractivity contribution is 5.98. The summed E-state index contributed by atoms with van der Waals surface area (Å²) in [4.78, 5) is 27.2. The third-order valence-corrected chi connectivity index (χ3v) is 5.53. The zero-order valence-electron chi connectivity index (χ0n) is 15.5. The van der Waals surface area contributed by atoms with Gasteiger partial charge in [-0.05, 0) is 30.0 Å². The molecule has 1 aromatic heterocycles. The fourth-order valence-corrected chi connectivity index (χ4v) is 4.12. The number of carbonyl (C=O) groups is 2. The van der Waals surface area contributed by atoms with E-state index >= 15 is 0 Å². The topological polar surface area (TPSA) is 79.3 Å². The molecule has 3 heterocycles. The highest BCUT2D eigenvalue weighted by Gasteiger charge is 2.35. The molecule has 0 aliphatic carbocycles. The average molecular weight is 367 g/mol. The highest BCUT2D eigenvalue weighted by atomic mass is 16.2. The van der Waals surface area contributed by atoms with Crippen molar-refractivity contribution in [2.45, 2.75) is 18.8 Å². The van der Waals surface area contributed by atoms with Gasteiger partial charge in [0.05, 0.1) is 18.7 Å². The van der Waals surface area contributed by atoms with E-state index in [1.165, 1.54) is 5.56 Å². The zero-order chi connectivity index (χ0) is 18.8. The van der Waals surface area contributed by atoms with Crippen LogP contribution in [-0.4, -0.2) is 47.8 Å². The molecule has 27 heavy (non-hydrogen) atoms. The second kappa shape index (κ2) is 7.52. The van der Waals surface area contributed by atoms with Gasteiger partial charge in [0.15, 0.2) is 0 Å². The molecule has 2 aliphatic rings. The summed E-state index contributed by atoms with van der Waals surface area (Å²) in [6.07, 6.45) is 5.71. The van der Waals surface area contributed by atoms with E-state index in [0.29, 0.717) is 13.1 Å². The number of fused-ring (bicyclic) bond motifs is 1. The fourth-order valence-electron chi connectivity index (χ4n) is 4.12. The Morgan fingerprint density at radius 3 is 2.96 bits per heavy atom. The molecule has 0 spiro atoms. The predicted octanol–water partition coefficient (Wildman–Crippen LogP) is 0.819. The second-order valence-electron chi connectivity index (χ2n) is 7.31. The standard InChI is InChI=1S/C20H25N5O2/c1-24-13-15(9-23-24)16-10-21-11-17(16)20(27)22-12-19(26)25-8-4-6-14-5-2-3-7-18(14)25/h2-3,5,7,9,13,16-17,21H,4,6,8,10-12H2,1H3,(H,22,27)/t16-,17+/m1/s1.